The molecule has 1 aromatic rings. The van der Waals surface area contributed by atoms with E-state index in [0.717, 1.165) is 6.54 Å². The molecule has 0 unspecified atom stereocenters. The minimum atomic E-state index is -3.72. The van der Waals surface area contributed by atoms with Crippen LogP contribution in [-0.4, -0.2) is 27.4 Å². The lowest BCUT2D eigenvalue weighted by Crippen LogP contribution is -2.32. The molecule has 0 bridgehead atoms. The Morgan fingerprint density at radius 2 is 1.88 bits per heavy atom. The van der Waals surface area contributed by atoms with E-state index in [2.05, 4.69) is 5.32 Å². The van der Waals surface area contributed by atoms with Gasteiger partial charge in [-0.1, -0.05) is 25.1 Å². The fourth-order valence-corrected chi connectivity index (χ4v) is 2.27. The highest BCUT2D eigenvalue weighted by atomic mass is 32.2. The largest absolute Gasteiger partial charge is 0.316 e. The fraction of sp³-hybridized carbons (Fsp3) is 0.364. The summed E-state index contributed by atoms with van der Waals surface area (Å²) in [4.78, 5) is 11.5. The second-order valence-electron chi connectivity index (χ2n) is 3.45. The summed E-state index contributed by atoms with van der Waals surface area (Å²) >= 11 is 0. The zero-order chi connectivity index (χ0) is 12.7. The normalized spacial score (nSPS) is 11.1. The van der Waals surface area contributed by atoms with Crippen LogP contribution in [0.4, 0.5) is 0 Å². The van der Waals surface area contributed by atoms with Gasteiger partial charge in [0.25, 0.3) is 10.0 Å². The number of sulfonamides is 1. The topological polar surface area (TPSA) is 75.3 Å². The van der Waals surface area contributed by atoms with E-state index in [4.69, 9.17) is 0 Å². The Labute approximate surface area is 101 Å². The molecule has 1 rings (SSSR count). The van der Waals surface area contributed by atoms with Crippen molar-refractivity contribution < 1.29 is 13.2 Å². The van der Waals surface area contributed by atoms with Crippen molar-refractivity contribution in [2.75, 3.05) is 13.1 Å². The van der Waals surface area contributed by atoms with Crippen molar-refractivity contribution in [2.24, 2.45) is 0 Å². The van der Waals surface area contributed by atoms with Crippen molar-refractivity contribution in [1.29, 1.82) is 0 Å². The molecule has 5 nitrogen and oxygen atoms in total. The fourth-order valence-electron chi connectivity index (χ4n) is 1.24. The molecule has 1 amide bonds. The minimum Gasteiger partial charge on any atom is -0.316 e. The SMILES string of the molecule is CCNCCC(=O)NS(=O)(=O)c1ccccc1. The van der Waals surface area contributed by atoms with Gasteiger partial charge in [0.1, 0.15) is 0 Å². The third-order valence-corrected chi connectivity index (χ3v) is 3.47. The number of amides is 1. The molecule has 0 atom stereocenters. The lowest BCUT2D eigenvalue weighted by Gasteiger charge is -2.06. The number of carbonyl (C=O) groups is 1. The number of benzene rings is 1. The smallest absolute Gasteiger partial charge is 0.264 e. The predicted octanol–water partition coefficient (Wildman–Crippen LogP) is 0.491. The molecule has 0 saturated carbocycles. The molecule has 0 saturated heterocycles. The monoisotopic (exact) mass is 256 g/mol. The lowest BCUT2D eigenvalue weighted by atomic mass is 10.4. The van der Waals surface area contributed by atoms with Crippen molar-refractivity contribution in [3.05, 3.63) is 30.3 Å². The highest BCUT2D eigenvalue weighted by molar-refractivity contribution is 7.90. The molecule has 6 heteroatoms. The van der Waals surface area contributed by atoms with Gasteiger partial charge in [0.15, 0.2) is 0 Å². The van der Waals surface area contributed by atoms with E-state index < -0.39 is 15.9 Å². The molecule has 0 radical (unpaired) electrons. The Morgan fingerprint density at radius 1 is 1.24 bits per heavy atom. The number of carbonyl (C=O) groups excluding carboxylic acids is 1. The van der Waals surface area contributed by atoms with Gasteiger partial charge in [-0.25, -0.2) is 13.1 Å². The molecule has 0 fully saturated rings. The first kappa shape index (κ1) is 13.7. The van der Waals surface area contributed by atoms with Gasteiger partial charge in [-0.2, -0.15) is 0 Å². The van der Waals surface area contributed by atoms with Crippen LogP contribution in [0.1, 0.15) is 13.3 Å². The van der Waals surface area contributed by atoms with Gasteiger partial charge in [-0.05, 0) is 18.7 Å². The van der Waals surface area contributed by atoms with Crippen molar-refractivity contribution in [3.8, 4) is 0 Å². The number of hydrogen-bond donors (Lipinski definition) is 2. The highest BCUT2D eigenvalue weighted by Gasteiger charge is 2.16. The van der Waals surface area contributed by atoms with E-state index >= 15 is 0 Å². The molecular formula is C11H16N2O3S. The predicted molar refractivity (Wildman–Crippen MR) is 64.9 cm³/mol. The Balaban J connectivity index is 2.59. The quantitative estimate of drug-likeness (QED) is 0.726. The zero-order valence-corrected chi connectivity index (χ0v) is 10.5. The molecule has 0 aliphatic rings. The van der Waals surface area contributed by atoms with Crippen molar-refractivity contribution in [2.45, 2.75) is 18.2 Å². The maximum absolute atomic E-state index is 11.7. The molecule has 2 N–H and O–H groups in total. The van der Waals surface area contributed by atoms with Gasteiger partial charge in [0, 0.05) is 13.0 Å². The molecule has 1 aromatic carbocycles. The van der Waals surface area contributed by atoms with E-state index in [1.165, 1.54) is 12.1 Å². The molecule has 0 aliphatic carbocycles. The summed E-state index contributed by atoms with van der Waals surface area (Å²) in [6.07, 6.45) is 0.139. The lowest BCUT2D eigenvalue weighted by molar-refractivity contribution is -0.119. The zero-order valence-electron chi connectivity index (χ0n) is 9.64. The Morgan fingerprint density at radius 3 is 2.47 bits per heavy atom. The molecule has 0 heterocycles. The molecule has 17 heavy (non-hydrogen) atoms. The van der Waals surface area contributed by atoms with Crippen LogP contribution < -0.4 is 10.0 Å². The summed E-state index contributed by atoms with van der Waals surface area (Å²) in [7, 11) is -3.72. The van der Waals surface area contributed by atoms with Crippen LogP contribution in [0, 0.1) is 0 Å². The van der Waals surface area contributed by atoms with E-state index in [1.54, 1.807) is 18.2 Å². The molecule has 0 aliphatic heterocycles. The van der Waals surface area contributed by atoms with Gasteiger partial charge >= 0.3 is 0 Å². The minimum absolute atomic E-state index is 0.0943. The van der Waals surface area contributed by atoms with E-state index in [0.29, 0.717) is 6.54 Å². The molecule has 94 valence electrons. The van der Waals surface area contributed by atoms with Crippen LogP contribution in [0.15, 0.2) is 35.2 Å². The Hall–Kier alpha value is -1.40. The third-order valence-electron chi connectivity index (χ3n) is 2.08. The van der Waals surface area contributed by atoms with Crippen LogP contribution in [0.3, 0.4) is 0 Å². The number of rotatable bonds is 6. The van der Waals surface area contributed by atoms with E-state index in [9.17, 15) is 13.2 Å². The van der Waals surface area contributed by atoms with Crippen molar-refractivity contribution in [1.82, 2.24) is 10.0 Å². The number of nitrogens with one attached hydrogen (secondary N) is 2. The summed E-state index contributed by atoms with van der Waals surface area (Å²) in [5.41, 5.74) is 0. The highest BCUT2D eigenvalue weighted by Crippen LogP contribution is 2.06. The first-order valence-electron chi connectivity index (χ1n) is 5.37. The van der Waals surface area contributed by atoms with Gasteiger partial charge in [0.05, 0.1) is 4.90 Å². The first-order valence-corrected chi connectivity index (χ1v) is 6.86. The molecule has 0 aromatic heterocycles. The van der Waals surface area contributed by atoms with Gasteiger partial charge in [-0.15, -0.1) is 0 Å². The summed E-state index contributed by atoms with van der Waals surface area (Å²) in [5, 5.41) is 2.95. The van der Waals surface area contributed by atoms with Crippen LogP contribution in [0.5, 0.6) is 0 Å². The summed E-state index contributed by atoms with van der Waals surface area (Å²) < 4.78 is 25.5. The second kappa shape index (κ2) is 6.36. The van der Waals surface area contributed by atoms with Gasteiger partial charge in [-0.3, -0.25) is 4.79 Å². The Bertz CT molecular complexity index is 457. The number of hydrogen-bond acceptors (Lipinski definition) is 4. The van der Waals surface area contributed by atoms with Crippen LogP contribution in [-0.2, 0) is 14.8 Å². The summed E-state index contributed by atoms with van der Waals surface area (Å²) in [6, 6.07) is 7.82. The maximum atomic E-state index is 11.7. The standard InChI is InChI=1S/C11H16N2O3S/c1-2-12-9-8-11(14)13-17(15,16)10-6-4-3-5-7-10/h3-7,12H,2,8-9H2,1H3,(H,13,14). The van der Waals surface area contributed by atoms with Gasteiger partial charge < -0.3 is 5.32 Å². The third kappa shape index (κ3) is 4.54. The second-order valence-corrected chi connectivity index (χ2v) is 5.13. The van der Waals surface area contributed by atoms with Crippen LogP contribution in [0.2, 0.25) is 0 Å². The van der Waals surface area contributed by atoms with Crippen LogP contribution in [0.25, 0.3) is 0 Å². The van der Waals surface area contributed by atoms with E-state index in [-0.39, 0.29) is 11.3 Å². The summed E-state index contributed by atoms with van der Waals surface area (Å²) in [5.74, 6) is -0.505. The molecule has 0 spiro atoms. The van der Waals surface area contributed by atoms with Gasteiger partial charge in [0.2, 0.25) is 5.91 Å². The average Bonchev–Trinajstić information content (AvgIpc) is 2.30. The van der Waals surface area contributed by atoms with Crippen molar-refractivity contribution >= 4 is 15.9 Å². The van der Waals surface area contributed by atoms with E-state index in [1.807, 2.05) is 11.6 Å². The van der Waals surface area contributed by atoms with Crippen molar-refractivity contribution in [3.63, 3.8) is 0 Å². The first-order chi connectivity index (χ1) is 8.06. The average molecular weight is 256 g/mol. The maximum Gasteiger partial charge on any atom is 0.264 e. The summed E-state index contributed by atoms with van der Waals surface area (Å²) in [6.45, 7) is 3.13. The Kier molecular flexibility index (Phi) is 5.11. The van der Waals surface area contributed by atoms with Crippen LogP contribution >= 0.6 is 0 Å². The molecular weight excluding hydrogens is 240 g/mol.